The van der Waals surface area contributed by atoms with Gasteiger partial charge in [0.1, 0.15) is 0 Å². The van der Waals surface area contributed by atoms with Crippen LogP contribution in [0.5, 0.6) is 5.75 Å². The van der Waals surface area contributed by atoms with E-state index < -0.39 is 0 Å². The second-order valence-corrected chi connectivity index (χ2v) is 3.90. The van der Waals surface area contributed by atoms with Crippen molar-refractivity contribution in [2.75, 3.05) is 5.32 Å². The molecular formula is C10H11Cl2NO2. The Balaban J connectivity index is 2.83. The molecule has 0 aliphatic carbocycles. The van der Waals surface area contributed by atoms with E-state index in [0.717, 1.165) is 6.42 Å². The lowest BCUT2D eigenvalue weighted by Gasteiger charge is -2.07. The lowest BCUT2D eigenvalue weighted by molar-refractivity contribution is -0.116. The lowest BCUT2D eigenvalue weighted by Crippen LogP contribution is -2.10. The van der Waals surface area contributed by atoms with E-state index in [9.17, 15) is 9.90 Å². The van der Waals surface area contributed by atoms with Crippen molar-refractivity contribution in [3.8, 4) is 5.75 Å². The van der Waals surface area contributed by atoms with Gasteiger partial charge >= 0.3 is 0 Å². The SMILES string of the molecule is CCCC(=O)Nc1cc(Cl)c(O)c(Cl)c1. The Morgan fingerprint density at radius 2 is 1.93 bits per heavy atom. The maximum Gasteiger partial charge on any atom is 0.224 e. The molecule has 1 aromatic rings. The molecule has 0 aliphatic rings. The Morgan fingerprint density at radius 1 is 1.40 bits per heavy atom. The molecule has 0 heterocycles. The molecule has 0 fully saturated rings. The fraction of sp³-hybridized carbons (Fsp3) is 0.300. The van der Waals surface area contributed by atoms with E-state index in [1.54, 1.807) is 0 Å². The third kappa shape index (κ3) is 3.29. The van der Waals surface area contributed by atoms with Crippen LogP contribution in [0.25, 0.3) is 0 Å². The Labute approximate surface area is 98.0 Å². The molecule has 1 amide bonds. The zero-order chi connectivity index (χ0) is 11.4. The highest BCUT2D eigenvalue weighted by Crippen LogP contribution is 2.34. The number of phenolic OH excluding ortho intramolecular Hbond substituents is 1. The first-order valence-electron chi connectivity index (χ1n) is 4.52. The number of amides is 1. The summed E-state index contributed by atoms with van der Waals surface area (Å²) in [6, 6.07) is 2.91. The normalized spacial score (nSPS) is 10.1. The van der Waals surface area contributed by atoms with Crippen molar-refractivity contribution in [1.29, 1.82) is 0 Å². The third-order valence-electron chi connectivity index (χ3n) is 1.78. The number of benzene rings is 1. The van der Waals surface area contributed by atoms with E-state index >= 15 is 0 Å². The molecule has 3 nitrogen and oxygen atoms in total. The summed E-state index contributed by atoms with van der Waals surface area (Å²) in [5.74, 6) is -0.276. The lowest BCUT2D eigenvalue weighted by atomic mass is 10.2. The minimum Gasteiger partial charge on any atom is -0.505 e. The van der Waals surface area contributed by atoms with Crippen LogP contribution in [0, 0.1) is 0 Å². The highest BCUT2D eigenvalue weighted by Gasteiger charge is 2.08. The van der Waals surface area contributed by atoms with Crippen LogP contribution < -0.4 is 5.32 Å². The van der Waals surface area contributed by atoms with Crippen molar-refractivity contribution in [3.63, 3.8) is 0 Å². The van der Waals surface area contributed by atoms with Crippen LogP contribution in [0.1, 0.15) is 19.8 Å². The van der Waals surface area contributed by atoms with E-state index in [-0.39, 0.29) is 21.7 Å². The summed E-state index contributed by atoms with van der Waals surface area (Å²) in [4.78, 5) is 11.3. The highest BCUT2D eigenvalue weighted by atomic mass is 35.5. The first kappa shape index (κ1) is 12.1. The maximum atomic E-state index is 11.3. The molecule has 0 atom stereocenters. The Bertz CT molecular complexity index is 357. The van der Waals surface area contributed by atoms with E-state index in [2.05, 4.69) is 5.32 Å². The smallest absolute Gasteiger partial charge is 0.224 e. The van der Waals surface area contributed by atoms with Gasteiger partial charge in [-0.2, -0.15) is 0 Å². The van der Waals surface area contributed by atoms with Gasteiger partial charge in [0.15, 0.2) is 5.75 Å². The van der Waals surface area contributed by atoms with Gasteiger partial charge in [-0.25, -0.2) is 0 Å². The number of hydrogen-bond acceptors (Lipinski definition) is 2. The zero-order valence-electron chi connectivity index (χ0n) is 8.18. The van der Waals surface area contributed by atoms with Crippen LogP contribution >= 0.6 is 23.2 Å². The fourth-order valence-electron chi connectivity index (χ4n) is 1.09. The number of rotatable bonds is 3. The maximum absolute atomic E-state index is 11.3. The summed E-state index contributed by atoms with van der Waals surface area (Å²) in [5, 5.41) is 12.2. The summed E-state index contributed by atoms with van der Waals surface area (Å²) in [5.41, 5.74) is 0.487. The summed E-state index contributed by atoms with van der Waals surface area (Å²) < 4.78 is 0. The molecule has 82 valence electrons. The van der Waals surface area contributed by atoms with Crippen molar-refractivity contribution in [1.82, 2.24) is 0 Å². The molecule has 1 rings (SSSR count). The molecule has 1 aromatic carbocycles. The van der Waals surface area contributed by atoms with E-state index in [0.29, 0.717) is 12.1 Å². The summed E-state index contributed by atoms with van der Waals surface area (Å²) in [6.07, 6.45) is 1.21. The van der Waals surface area contributed by atoms with Crippen molar-refractivity contribution in [2.24, 2.45) is 0 Å². The largest absolute Gasteiger partial charge is 0.505 e. The Kier molecular flexibility index (Phi) is 4.24. The third-order valence-corrected chi connectivity index (χ3v) is 2.35. The zero-order valence-corrected chi connectivity index (χ0v) is 9.69. The predicted molar refractivity (Wildman–Crippen MR) is 61.7 cm³/mol. The van der Waals surface area contributed by atoms with Gasteiger partial charge in [0.2, 0.25) is 5.91 Å². The molecule has 0 saturated carbocycles. The van der Waals surface area contributed by atoms with Crippen molar-refractivity contribution < 1.29 is 9.90 Å². The van der Waals surface area contributed by atoms with Crippen molar-refractivity contribution in [3.05, 3.63) is 22.2 Å². The van der Waals surface area contributed by atoms with E-state index in [1.165, 1.54) is 12.1 Å². The molecule has 0 aromatic heterocycles. The number of nitrogens with one attached hydrogen (secondary N) is 1. The second-order valence-electron chi connectivity index (χ2n) is 3.09. The number of carbonyl (C=O) groups excluding carboxylic acids is 1. The minimum atomic E-state index is -0.174. The molecule has 2 N–H and O–H groups in total. The second kappa shape index (κ2) is 5.24. The van der Waals surface area contributed by atoms with Crippen LogP contribution in [0.3, 0.4) is 0 Å². The predicted octanol–water partition coefficient (Wildman–Crippen LogP) is 3.44. The fourth-order valence-corrected chi connectivity index (χ4v) is 1.58. The molecule has 0 spiro atoms. The van der Waals surface area contributed by atoms with Crippen LogP contribution in [-0.4, -0.2) is 11.0 Å². The molecule has 0 aliphatic heterocycles. The van der Waals surface area contributed by atoms with Crippen LogP contribution in [-0.2, 0) is 4.79 Å². The van der Waals surface area contributed by atoms with E-state index in [1.807, 2.05) is 6.92 Å². The number of halogens is 2. The number of aromatic hydroxyl groups is 1. The van der Waals surface area contributed by atoms with E-state index in [4.69, 9.17) is 23.2 Å². The Morgan fingerprint density at radius 3 is 2.40 bits per heavy atom. The molecule has 0 radical (unpaired) electrons. The van der Waals surface area contributed by atoms with Crippen molar-refractivity contribution >= 4 is 34.8 Å². The first-order chi connectivity index (χ1) is 7.04. The van der Waals surface area contributed by atoms with Gasteiger partial charge in [-0.1, -0.05) is 30.1 Å². The topological polar surface area (TPSA) is 49.3 Å². The summed E-state index contributed by atoms with van der Waals surface area (Å²) in [6.45, 7) is 1.91. The van der Waals surface area contributed by atoms with Gasteiger partial charge in [0.25, 0.3) is 0 Å². The highest BCUT2D eigenvalue weighted by molar-refractivity contribution is 6.37. The molecular weight excluding hydrogens is 237 g/mol. The van der Waals surface area contributed by atoms with Gasteiger partial charge in [0, 0.05) is 12.1 Å². The van der Waals surface area contributed by atoms with Crippen LogP contribution in [0.15, 0.2) is 12.1 Å². The van der Waals surface area contributed by atoms with Gasteiger partial charge in [-0.3, -0.25) is 4.79 Å². The first-order valence-corrected chi connectivity index (χ1v) is 5.28. The molecule has 0 saturated heterocycles. The van der Waals surface area contributed by atoms with Gasteiger partial charge < -0.3 is 10.4 Å². The monoisotopic (exact) mass is 247 g/mol. The quantitative estimate of drug-likeness (QED) is 0.805. The van der Waals surface area contributed by atoms with Crippen molar-refractivity contribution in [2.45, 2.75) is 19.8 Å². The van der Waals surface area contributed by atoms with Crippen LogP contribution in [0.2, 0.25) is 10.0 Å². The summed E-state index contributed by atoms with van der Waals surface area (Å²) in [7, 11) is 0. The average Bonchev–Trinajstić information content (AvgIpc) is 2.14. The van der Waals surface area contributed by atoms with Crippen LogP contribution in [0.4, 0.5) is 5.69 Å². The van der Waals surface area contributed by atoms with Gasteiger partial charge in [0.05, 0.1) is 10.0 Å². The molecule has 5 heteroatoms. The molecule has 0 unspecified atom stereocenters. The van der Waals surface area contributed by atoms with Gasteiger partial charge in [-0.05, 0) is 18.6 Å². The number of anilines is 1. The molecule has 15 heavy (non-hydrogen) atoms. The molecule has 0 bridgehead atoms. The Hall–Kier alpha value is -0.930. The standard InChI is InChI=1S/C10H11Cl2NO2/c1-2-3-9(14)13-6-4-7(11)10(15)8(12)5-6/h4-5,15H,2-3H2,1H3,(H,13,14). The number of hydrogen-bond donors (Lipinski definition) is 2. The van der Waals surface area contributed by atoms with Gasteiger partial charge in [-0.15, -0.1) is 0 Å². The minimum absolute atomic E-state index is 0.102. The average molecular weight is 248 g/mol. The summed E-state index contributed by atoms with van der Waals surface area (Å²) >= 11 is 11.4. The number of carbonyl (C=O) groups is 1. The number of phenols is 1.